The van der Waals surface area contributed by atoms with Gasteiger partial charge in [0.05, 0.1) is 17.2 Å². The molecule has 186 valence electrons. The summed E-state index contributed by atoms with van der Waals surface area (Å²) < 4.78 is 33.7. The van der Waals surface area contributed by atoms with Crippen molar-refractivity contribution in [3.8, 4) is 5.75 Å². The van der Waals surface area contributed by atoms with Gasteiger partial charge in [0.2, 0.25) is 5.91 Å². The molecule has 0 fully saturated rings. The number of para-hydroxylation sites is 1. The third-order valence-electron chi connectivity index (χ3n) is 5.56. The summed E-state index contributed by atoms with van der Waals surface area (Å²) in [6.45, 7) is 6.30. The van der Waals surface area contributed by atoms with Crippen LogP contribution in [0, 0.1) is 13.8 Å². The lowest BCUT2D eigenvalue weighted by molar-refractivity contribution is -0.119. The number of carbonyl (C=O) groups is 1. The van der Waals surface area contributed by atoms with E-state index in [0.29, 0.717) is 30.3 Å². The number of sulfonamides is 1. The normalized spacial score (nSPS) is 11.2. The van der Waals surface area contributed by atoms with Crippen LogP contribution in [0.5, 0.6) is 5.75 Å². The summed E-state index contributed by atoms with van der Waals surface area (Å²) in [5.41, 5.74) is 3.17. The van der Waals surface area contributed by atoms with Crippen LogP contribution < -0.4 is 14.4 Å². The van der Waals surface area contributed by atoms with Gasteiger partial charge in [-0.2, -0.15) is 0 Å². The molecule has 3 rings (SSSR count). The number of nitrogens with zero attached hydrogens (tertiary/aromatic N) is 1. The molecule has 0 saturated carbocycles. The molecule has 0 spiro atoms. The highest BCUT2D eigenvalue weighted by molar-refractivity contribution is 7.92. The van der Waals surface area contributed by atoms with Gasteiger partial charge in [-0.25, -0.2) is 8.42 Å². The molecule has 35 heavy (non-hydrogen) atoms. The number of anilines is 1. The van der Waals surface area contributed by atoms with Gasteiger partial charge >= 0.3 is 0 Å². The summed E-state index contributed by atoms with van der Waals surface area (Å²) >= 11 is 6.27. The molecule has 0 saturated heterocycles. The summed E-state index contributed by atoms with van der Waals surface area (Å²) in [6, 6.07) is 19.3. The molecule has 0 radical (unpaired) electrons. The number of rotatable bonds is 11. The topological polar surface area (TPSA) is 75.7 Å². The van der Waals surface area contributed by atoms with Gasteiger partial charge in [-0.05, 0) is 75.1 Å². The van der Waals surface area contributed by atoms with Gasteiger partial charge in [-0.3, -0.25) is 9.10 Å². The predicted octanol–water partition coefficient (Wildman–Crippen LogP) is 5.30. The van der Waals surface area contributed by atoms with Crippen LogP contribution in [0.2, 0.25) is 5.02 Å². The molecule has 1 amide bonds. The van der Waals surface area contributed by atoms with Gasteiger partial charge in [0.15, 0.2) is 0 Å². The number of aryl methyl sites for hydroxylation is 3. The fourth-order valence-corrected chi connectivity index (χ4v) is 5.18. The third kappa shape index (κ3) is 6.99. The molecule has 8 heteroatoms. The highest BCUT2D eigenvalue weighted by atomic mass is 35.5. The van der Waals surface area contributed by atoms with Gasteiger partial charge < -0.3 is 10.1 Å². The Balaban J connectivity index is 1.72. The number of benzene rings is 3. The summed E-state index contributed by atoms with van der Waals surface area (Å²) in [5.74, 6) is 0.448. The molecule has 0 atom stereocenters. The van der Waals surface area contributed by atoms with E-state index >= 15 is 0 Å². The zero-order valence-electron chi connectivity index (χ0n) is 20.3. The molecule has 0 unspecified atom stereocenters. The van der Waals surface area contributed by atoms with E-state index in [1.807, 2.05) is 45.0 Å². The Morgan fingerprint density at radius 1 is 1.03 bits per heavy atom. The van der Waals surface area contributed by atoms with Crippen molar-refractivity contribution in [3.63, 3.8) is 0 Å². The van der Waals surface area contributed by atoms with E-state index in [1.54, 1.807) is 42.5 Å². The molecule has 0 bridgehead atoms. The smallest absolute Gasteiger partial charge is 0.264 e. The minimum absolute atomic E-state index is 0.111. The maximum absolute atomic E-state index is 13.5. The molecule has 0 aromatic heterocycles. The second kappa shape index (κ2) is 12.1. The molecule has 0 aliphatic rings. The highest BCUT2D eigenvalue weighted by Crippen LogP contribution is 2.28. The number of hydrogen-bond acceptors (Lipinski definition) is 4. The Hall–Kier alpha value is -3.03. The second-order valence-corrected chi connectivity index (χ2v) is 10.5. The van der Waals surface area contributed by atoms with Crippen molar-refractivity contribution in [2.75, 3.05) is 24.0 Å². The van der Waals surface area contributed by atoms with Crippen molar-refractivity contribution in [1.29, 1.82) is 0 Å². The first-order chi connectivity index (χ1) is 16.7. The largest absolute Gasteiger partial charge is 0.494 e. The Kier molecular flexibility index (Phi) is 9.18. The first kappa shape index (κ1) is 26.6. The van der Waals surface area contributed by atoms with Crippen LogP contribution in [0.1, 0.15) is 30.0 Å². The number of hydrogen-bond donors (Lipinski definition) is 1. The van der Waals surface area contributed by atoms with Crippen molar-refractivity contribution >= 4 is 33.2 Å². The molecule has 0 heterocycles. The van der Waals surface area contributed by atoms with E-state index in [9.17, 15) is 13.2 Å². The monoisotopic (exact) mass is 514 g/mol. The zero-order chi connectivity index (χ0) is 25.4. The first-order valence-electron chi connectivity index (χ1n) is 11.6. The Morgan fingerprint density at radius 3 is 2.43 bits per heavy atom. The number of nitrogens with one attached hydrogen (secondary N) is 1. The minimum Gasteiger partial charge on any atom is -0.494 e. The highest BCUT2D eigenvalue weighted by Gasteiger charge is 2.27. The lowest BCUT2D eigenvalue weighted by atomic mass is 10.1. The van der Waals surface area contributed by atoms with Gasteiger partial charge in [0.25, 0.3) is 10.0 Å². The second-order valence-electron chi connectivity index (χ2n) is 8.25. The van der Waals surface area contributed by atoms with E-state index in [-0.39, 0.29) is 11.4 Å². The van der Waals surface area contributed by atoms with Crippen molar-refractivity contribution in [2.45, 2.75) is 38.5 Å². The Labute approximate surface area is 212 Å². The number of ether oxygens (including phenoxy) is 1. The lowest BCUT2D eigenvalue weighted by Gasteiger charge is -2.24. The molecule has 0 aliphatic heterocycles. The van der Waals surface area contributed by atoms with E-state index in [1.165, 1.54) is 0 Å². The molecular formula is C27H31ClN2O4S. The van der Waals surface area contributed by atoms with Crippen molar-refractivity contribution in [2.24, 2.45) is 0 Å². The van der Waals surface area contributed by atoms with Crippen LogP contribution >= 0.6 is 11.6 Å². The summed E-state index contributed by atoms with van der Waals surface area (Å²) in [7, 11) is -3.98. The van der Waals surface area contributed by atoms with Gasteiger partial charge in [-0.15, -0.1) is 0 Å². The molecule has 3 aromatic rings. The Morgan fingerprint density at radius 2 is 1.74 bits per heavy atom. The fraction of sp³-hybridized carbons (Fsp3) is 0.296. The van der Waals surface area contributed by atoms with Crippen LogP contribution in [0.25, 0.3) is 0 Å². The number of halogens is 1. The summed E-state index contributed by atoms with van der Waals surface area (Å²) in [6.07, 6.45) is 1.42. The van der Waals surface area contributed by atoms with Crippen LogP contribution in [-0.2, 0) is 21.2 Å². The Bertz CT molecular complexity index is 1260. The van der Waals surface area contributed by atoms with Gasteiger partial charge in [0, 0.05) is 11.6 Å². The van der Waals surface area contributed by atoms with E-state index in [0.717, 1.165) is 33.2 Å². The number of amides is 1. The molecule has 1 N–H and O–H groups in total. The van der Waals surface area contributed by atoms with Crippen LogP contribution in [0.4, 0.5) is 5.69 Å². The maximum atomic E-state index is 13.5. The van der Waals surface area contributed by atoms with Crippen molar-refractivity contribution < 1.29 is 17.9 Å². The van der Waals surface area contributed by atoms with Gasteiger partial charge in [0.1, 0.15) is 12.3 Å². The fourth-order valence-electron chi connectivity index (χ4n) is 3.59. The van der Waals surface area contributed by atoms with E-state index in [2.05, 4.69) is 5.32 Å². The lowest BCUT2D eigenvalue weighted by Crippen LogP contribution is -2.41. The molecule has 6 nitrogen and oxygen atoms in total. The van der Waals surface area contributed by atoms with Crippen LogP contribution in [0.15, 0.2) is 71.6 Å². The average molecular weight is 515 g/mol. The van der Waals surface area contributed by atoms with E-state index < -0.39 is 15.9 Å². The molecule has 3 aromatic carbocycles. The summed E-state index contributed by atoms with van der Waals surface area (Å²) in [5, 5.41) is 3.27. The number of carbonyl (C=O) groups excluding carboxylic acids is 1. The van der Waals surface area contributed by atoms with Crippen LogP contribution in [-0.4, -0.2) is 34.0 Å². The molecular weight excluding hydrogens is 484 g/mol. The maximum Gasteiger partial charge on any atom is 0.264 e. The standard InChI is InChI=1S/C27H31ClN2O4S/c1-4-34-26-10-6-5-8-22(26)9-7-17-29-27(31)19-30(23-14-13-21(3)25(28)18-23)35(32,33)24-15-11-20(2)12-16-24/h5-6,8,10-16,18H,4,7,9,17,19H2,1-3H3,(H,29,31). The minimum atomic E-state index is -3.98. The quantitative estimate of drug-likeness (QED) is 0.352. The van der Waals surface area contributed by atoms with E-state index in [4.69, 9.17) is 16.3 Å². The average Bonchev–Trinajstić information content (AvgIpc) is 2.83. The summed E-state index contributed by atoms with van der Waals surface area (Å²) in [4.78, 5) is 12.9. The third-order valence-corrected chi connectivity index (χ3v) is 7.75. The predicted molar refractivity (Wildman–Crippen MR) is 141 cm³/mol. The van der Waals surface area contributed by atoms with Gasteiger partial charge in [-0.1, -0.05) is 53.6 Å². The first-order valence-corrected chi connectivity index (χ1v) is 13.4. The zero-order valence-corrected chi connectivity index (χ0v) is 21.8. The van der Waals surface area contributed by atoms with Crippen molar-refractivity contribution in [1.82, 2.24) is 5.32 Å². The molecule has 0 aliphatic carbocycles. The van der Waals surface area contributed by atoms with Crippen LogP contribution in [0.3, 0.4) is 0 Å². The SMILES string of the molecule is CCOc1ccccc1CCCNC(=O)CN(c1ccc(C)c(Cl)c1)S(=O)(=O)c1ccc(C)cc1. The van der Waals surface area contributed by atoms with Crippen molar-refractivity contribution in [3.05, 3.63) is 88.4 Å².